The van der Waals surface area contributed by atoms with Crippen LogP contribution in [0.3, 0.4) is 0 Å². The molecule has 1 heterocycles. The highest BCUT2D eigenvalue weighted by Gasteiger charge is 2.26. The third-order valence-electron chi connectivity index (χ3n) is 3.30. The zero-order chi connectivity index (χ0) is 14.2. The molecule has 1 aliphatic heterocycles. The fraction of sp³-hybridized carbons (Fsp3) is 0.533. The van der Waals surface area contributed by atoms with Gasteiger partial charge in [0.05, 0.1) is 13.2 Å². The quantitative estimate of drug-likeness (QED) is 0.776. The summed E-state index contributed by atoms with van der Waals surface area (Å²) in [6.45, 7) is 3.98. The van der Waals surface area contributed by atoms with Gasteiger partial charge in [-0.15, -0.1) is 0 Å². The minimum absolute atomic E-state index is 0.0557. The Morgan fingerprint density at radius 3 is 3.00 bits per heavy atom. The number of benzene rings is 1. The molecular weight excluding hydrogens is 256 g/mol. The molecule has 0 spiro atoms. The van der Waals surface area contributed by atoms with Gasteiger partial charge in [0, 0.05) is 33.3 Å². The molecule has 0 radical (unpaired) electrons. The van der Waals surface area contributed by atoms with Gasteiger partial charge in [-0.05, 0) is 5.56 Å². The third kappa shape index (κ3) is 4.59. The van der Waals surface area contributed by atoms with Crippen molar-refractivity contribution in [2.75, 3.05) is 40.0 Å². The maximum atomic E-state index is 12.0. The van der Waals surface area contributed by atoms with Crippen LogP contribution in [0.1, 0.15) is 5.56 Å². The average Bonchev–Trinajstić information content (AvgIpc) is 2.49. The number of morpholine rings is 1. The van der Waals surface area contributed by atoms with E-state index in [1.807, 2.05) is 18.2 Å². The molecule has 1 amide bonds. The smallest absolute Gasteiger partial charge is 0.250 e. The monoisotopic (exact) mass is 278 g/mol. The summed E-state index contributed by atoms with van der Waals surface area (Å²) in [6.07, 6.45) is -0.385. The molecular formula is C15H22N2O3. The highest BCUT2D eigenvalue weighted by Crippen LogP contribution is 2.10. The molecule has 2 rings (SSSR count). The largest absolute Gasteiger partial charge is 0.383 e. The normalized spacial score (nSPS) is 19.8. The van der Waals surface area contributed by atoms with Gasteiger partial charge >= 0.3 is 0 Å². The van der Waals surface area contributed by atoms with Crippen molar-refractivity contribution in [3.63, 3.8) is 0 Å². The van der Waals surface area contributed by atoms with E-state index in [9.17, 15) is 4.79 Å². The second kappa shape index (κ2) is 7.99. The molecule has 0 bridgehead atoms. The predicted molar refractivity (Wildman–Crippen MR) is 76.3 cm³/mol. The van der Waals surface area contributed by atoms with E-state index >= 15 is 0 Å². The number of carbonyl (C=O) groups excluding carboxylic acids is 1. The van der Waals surface area contributed by atoms with Crippen molar-refractivity contribution in [2.45, 2.75) is 12.6 Å². The van der Waals surface area contributed by atoms with E-state index < -0.39 is 0 Å². The lowest BCUT2D eigenvalue weighted by Gasteiger charge is -2.32. The summed E-state index contributed by atoms with van der Waals surface area (Å²) in [5.74, 6) is -0.0557. The number of nitrogens with one attached hydrogen (secondary N) is 1. The molecule has 1 atom stereocenters. The number of rotatable bonds is 6. The Kier molecular flexibility index (Phi) is 5.98. The molecule has 1 unspecified atom stereocenters. The molecule has 1 aliphatic rings. The summed E-state index contributed by atoms with van der Waals surface area (Å²) in [4.78, 5) is 14.2. The van der Waals surface area contributed by atoms with E-state index in [2.05, 4.69) is 22.3 Å². The number of nitrogens with zero attached hydrogens (tertiary/aromatic N) is 1. The van der Waals surface area contributed by atoms with Gasteiger partial charge in [-0.1, -0.05) is 30.3 Å². The topological polar surface area (TPSA) is 50.8 Å². The van der Waals surface area contributed by atoms with E-state index in [1.54, 1.807) is 7.11 Å². The minimum Gasteiger partial charge on any atom is -0.383 e. The van der Waals surface area contributed by atoms with Crippen LogP contribution in [-0.4, -0.2) is 56.9 Å². The van der Waals surface area contributed by atoms with Crippen molar-refractivity contribution < 1.29 is 14.3 Å². The van der Waals surface area contributed by atoms with Crippen LogP contribution in [0.2, 0.25) is 0 Å². The fourth-order valence-electron chi connectivity index (χ4n) is 2.24. The Bertz CT molecular complexity index is 411. The maximum absolute atomic E-state index is 12.0. The number of ether oxygens (including phenoxy) is 2. The third-order valence-corrected chi connectivity index (χ3v) is 3.30. The molecule has 20 heavy (non-hydrogen) atoms. The van der Waals surface area contributed by atoms with Gasteiger partial charge in [0.25, 0.3) is 5.91 Å². The average molecular weight is 278 g/mol. The molecule has 5 nitrogen and oxygen atoms in total. The van der Waals surface area contributed by atoms with Crippen LogP contribution in [0.5, 0.6) is 0 Å². The maximum Gasteiger partial charge on any atom is 0.250 e. The van der Waals surface area contributed by atoms with Crippen molar-refractivity contribution >= 4 is 5.91 Å². The second-order valence-corrected chi connectivity index (χ2v) is 4.86. The van der Waals surface area contributed by atoms with Crippen LogP contribution in [0.15, 0.2) is 30.3 Å². The Morgan fingerprint density at radius 1 is 1.45 bits per heavy atom. The molecule has 0 aromatic heterocycles. The van der Waals surface area contributed by atoms with E-state index in [1.165, 1.54) is 5.56 Å². The first-order valence-electron chi connectivity index (χ1n) is 6.94. The van der Waals surface area contributed by atoms with Gasteiger partial charge in [0.2, 0.25) is 0 Å². The first-order chi connectivity index (χ1) is 9.79. The molecule has 1 N–H and O–H groups in total. The molecule has 0 saturated carbocycles. The Labute approximate surface area is 119 Å². The lowest BCUT2D eigenvalue weighted by molar-refractivity contribution is -0.139. The van der Waals surface area contributed by atoms with Crippen molar-refractivity contribution in [1.29, 1.82) is 0 Å². The van der Waals surface area contributed by atoms with Gasteiger partial charge < -0.3 is 14.8 Å². The Morgan fingerprint density at radius 2 is 2.25 bits per heavy atom. The highest BCUT2D eigenvalue weighted by molar-refractivity contribution is 5.81. The molecule has 1 aromatic carbocycles. The number of carbonyl (C=O) groups is 1. The SMILES string of the molecule is COCCNC(=O)C1CN(Cc2ccccc2)CCO1. The van der Waals surface area contributed by atoms with Crippen molar-refractivity contribution in [1.82, 2.24) is 10.2 Å². The number of amides is 1. The van der Waals surface area contributed by atoms with Gasteiger partial charge in [0.15, 0.2) is 0 Å². The molecule has 1 saturated heterocycles. The minimum atomic E-state index is -0.385. The van der Waals surface area contributed by atoms with Gasteiger partial charge in [-0.25, -0.2) is 0 Å². The van der Waals surface area contributed by atoms with Gasteiger partial charge in [-0.3, -0.25) is 9.69 Å². The number of hydrogen-bond acceptors (Lipinski definition) is 4. The lowest BCUT2D eigenvalue weighted by Crippen LogP contribution is -2.49. The standard InChI is InChI=1S/C15H22N2O3/c1-19-9-7-16-15(18)14-12-17(8-10-20-14)11-13-5-3-2-4-6-13/h2-6,14H,7-12H2,1H3,(H,16,18). The summed E-state index contributed by atoms with van der Waals surface area (Å²) < 4.78 is 10.5. The summed E-state index contributed by atoms with van der Waals surface area (Å²) in [7, 11) is 1.62. The van der Waals surface area contributed by atoms with E-state index in [0.29, 0.717) is 26.3 Å². The van der Waals surface area contributed by atoms with Gasteiger partial charge in [-0.2, -0.15) is 0 Å². The van der Waals surface area contributed by atoms with E-state index in [0.717, 1.165) is 13.1 Å². The molecule has 5 heteroatoms. The predicted octanol–water partition coefficient (Wildman–Crippen LogP) is 0.650. The highest BCUT2D eigenvalue weighted by atomic mass is 16.5. The summed E-state index contributed by atoms with van der Waals surface area (Å²) in [6, 6.07) is 10.3. The molecule has 110 valence electrons. The number of methoxy groups -OCH3 is 1. The number of hydrogen-bond donors (Lipinski definition) is 1. The fourth-order valence-corrected chi connectivity index (χ4v) is 2.24. The zero-order valence-corrected chi connectivity index (χ0v) is 11.9. The van der Waals surface area contributed by atoms with Crippen molar-refractivity contribution in [3.8, 4) is 0 Å². The first kappa shape index (κ1) is 15.0. The lowest BCUT2D eigenvalue weighted by atomic mass is 10.2. The second-order valence-electron chi connectivity index (χ2n) is 4.86. The Balaban J connectivity index is 1.80. The zero-order valence-electron chi connectivity index (χ0n) is 11.9. The van der Waals surface area contributed by atoms with Crippen molar-refractivity contribution in [2.24, 2.45) is 0 Å². The van der Waals surface area contributed by atoms with Crippen LogP contribution in [0.4, 0.5) is 0 Å². The van der Waals surface area contributed by atoms with Crippen LogP contribution >= 0.6 is 0 Å². The van der Waals surface area contributed by atoms with E-state index in [4.69, 9.17) is 9.47 Å². The molecule has 1 fully saturated rings. The Hall–Kier alpha value is -1.43. The summed E-state index contributed by atoms with van der Waals surface area (Å²) >= 11 is 0. The van der Waals surface area contributed by atoms with E-state index in [-0.39, 0.29) is 12.0 Å². The van der Waals surface area contributed by atoms with Crippen molar-refractivity contribution in [3.05, 3.63) is 35.9 Å². The van der Waals surface area contributed by atoms with Crippen LogP contribution in [0.25, 0.3) is 0 Å². The van der Waals surface area contributed by atoms with Gasteiger partial charge in [0.1, 0.15) is 6.10 Å². The van der Waals surface area contributed by atoms with Crippen LogP contribution in [0, 0.1) is 0 Å². The summed E-state index contributed by atoms with van der Waals surface area (Å²) in [5.41, 5.74) is 1.26. The molecule has 0 aliphatic carbocycles. The summed E-state index contributed by atoms with van der Waals surface area (Å²) in [5, 5.41) is 2.82. The molecule has 1 aromatic rings. The van der Waals surface area contributed by atoms with Crippen LogP contribution in [-0.2, 0) is 20.8 Å². The van der Waals surface area contributed by atoms with Crippen LogP contribution < -0.4 is 5.32 Å². The first-order valence-corrected chi connectivity index (χ1v) is 6.94.